The molecule has 1 heterocycles. The average molecular weight is 404 g/mol. The van der Waals surface area contributed by atoms with Gasteiger partial charge in [0.2, 0.25) is 0 Å². The van der Waals surface area contributed by atoms with Gasteiger partial charge in [0.25, 0.3) is 0 Å². The van der Waals surface area contributed by atoms with E-state index in [0.29, 0.717) is 5.56 Å². The van der Waals surface area contributed by atoms with Crippen LogP contribution in [0.4, 0.5) is 0 Å². The molecule has 0 aliphatic rings. The highest BCUT2D eigenvalue weighted by molar-refractivity contribution is 5.81. The zero-order valence-electron chi connectivity index (χ0n) is 18.6. The summed E-state index contributed by atoms with van der Waals surface area (Å²) in [6, 6.07) is 20.9. The third-order valence-corrected chi connectivity index (χ3v) is 5.41. The van der Waals surface area contributed by atoms with E-state index in [9.17, 15) is 5.26 Å². The summed E-state index contributed by atoms with van der Waals surface area (Å²) >= 11 is 0. The van der Waals surface area contributed by atoms with Crippen molar-refractivity contribution in [2.45, 2.75) is 34.6 Å². The Morgan fingerprint density at radius 1 is 0.677 bits per heavy atom. The molecule has 3 aromatic carbocycles. The third-order valence-electron chi connectivity index (χ3n) is 5.41. The van der Waals surface area contributed by atoms with Crippen LogP contribution in [0.1, 0.15) is 33.4 Å². The van der Waals surface area contributed by atoms with Gasteiger partial charge in [0.15, 0.2) is 0 Å². The predicted molar refractivity (Wildman–Crippen MR) is 127 cm³/mol. The molecule has 152 valence electrons. The van der Waals surface area contributed by atoms with Crippen molar-refractivity contribution in [3.63, 3.8) is 0 Å². The SMILES string of the molecule is Cc1cc(C)cc(-c2ncc(-c3cc(C#N)ccc3C)nc2-c2cc(C)cc(C)c2)c1. The van der Waals surface area contributed by atoms with Crippen molar-refractivity contribution in [1.82, 2.24) is 9.97 Å². The lowest BCUT2D eigenvalue weighted by molar-refractivity contribution is 1.20. The van der Waals surface area contributed by atoms with E-state index in [1.165, 1.54) is 22.3 Å². The molecule has 1 aromatic heterocycles. The topological polar surface area (TPSA) is 49.6 Å². The van der Waals surface area contributed by atoms with Gasteiger partial charge in [0.1, 0.15) is 0 Å². The first-order chi connectivity index (χ1) is 14.8. The Morgan fingerprint density at radius 3 is 1.77 bits per heavy atom. The maximum atomic E-state index is 9.35. The van der Waals surface area contributed by atoms with Gasteiger partial charge in [-0.3, -0.25) is 4.98 Å². The zero-order chi connectivity index (χ0) is 22.1. The van der Waals surface area contributed by atoms with Crippen LogP contribution in [-0.4, -0.2) is 9.97 Å². The van der Waals surface area contributed by atoms with Gasteiger partial charge in [0, 0.05) is 16.7 Å². The molecule has 4 rings (SSSR count). The van der Waals surface area contributed by atoms with Crippen molar-refractivity contribution in [2.24, 2.45) is 0 Å². The molecule has 0 saturated heterocycles. The second-order valence-electron chi connectivity index (χ2n) is 8.35. The molecule has 3 heteroatoms. The molecule has 31 heavy (non-hydrogen) atoms. The quantitative estimate of drug-likeness (QED) is 0.374. The number of nitriles is 1. The lowest BCUT2D eigenvalue weighted by Gasteiger charge is -2.14. The Labute approximate surface area is 184 Å². The standard InChI is InChI=1S/C28H25N3/c1-17-8-18(2)11-23(10-17)27-28(24-12-19(3)9-20(4)13-24)31-26(16-30-27)25-14-22(15-29)7-6-21(25)5/h6-14,16H,1-5H3. The van der Waals surface area contributed by atoms with Crippen molar-refractivity contribution >= 4 is 0 Å². The second-order valence-corrected chi connectivity index (χ2v) is 8.35. The molecular formula is C28H25N3. The van der Waals surface area contributed by atoms with Crippen molar-refractivity contribution in [1.29, 1.82) is 5.26 Å². The van der Waals surface area contributed by atoms with E-state index in [1.807, 2.05) is 31.3 Å². The normalized spacial score (nSPS) is 10.7. The molecule has 0 bridgehead atoms. The highest BCUT2D eigenvalue weighted by Gasteiger charge is 2.16. The third kappa shape index (κ3) is 4.25. The van der Waals surface area contributed by atoms with Crippen LogP contribution in [0.15, 0.2) is 60.8 Å². The van der Waals surface area contributed by atoms with Gasteiger partial charge in [-0.05, 0) is 76.6 Å². The van der Waals surface area contributed by atoms with Crippen molar-refractivity contribution in [3.8, 4) is 39.8 Å². The molecule has 0 atom stereocenters. The van der Waals surface area contributed by atoms with E-state index in [2.05, 4.69) is 70.2 Å². The summed E-state index contributed by atoms with van der Waals surface area (Å²) < 4.78 is 0. The van der Waals surface area contributed by atoms with Crippen LogP contribution < -0.4 is 0 Å². The van der Waals surface area contributed by atoms with Gasteiger partial charge in [-0.1, -0.05) is 40.5 Å². The number of aromatic nitrogens is 2. The van der Waals surface area contributed by atoms with E-state index < -0.39 is 0 Å². The van der Waals surface area contributed by atoms with Gasteiger partial charge < -0.3 is 0 Å². The smallest absolute Gasteiger partial charge is 0.0991 e. The Balaban J connectivity index is 2.00. The Kier molecular flexibility index (Phi) is 5.40. The minimum atomic E-state index is 0.619. The molecule has 0 fully saturated rings. The molecule has 0 saturated carbocycles. The van der Waals surface area contributed by atoms with Crippen LogP contribution in [0.5, 0.6) is 0 Å². The number of aryl methyl sites for hydroxylation is 5. The van der Waals surface area contributed by atoms with E-state index in [1.54, 1.807) is 0 Å². The predicted octanol–water partition coefficient (Wildman–Crippen LogP) is 6.89. The number of benzene rings is 3. The van der Waals surface area contributed by atoms with Gasteiger partial charge >= 0.3 is 0 Å². The second kappa shape index (κ2) is 8.16. The molecule has 0 amide bonds. The van der Waals surface area contributed by atoms with Gasteiger partial charge in [0.05, 0.1) is 34.9 Å². The summed E-state index contributed by atoms with van der Waals surface area (Å²) in [5, 5.41) is 9.35. The largest absolute Gasteiger partial charge is 0.252 e. The highest BCUT2D eigenvalue weighted by Crippen LogP contribution is 2.34. The molecule has 0 radical (unpaired) electrons. The summed E-state index contributed by atoms with van der Waals surface area (Å²) in [5.41, 5.74) is 12.0. The Morgan fingerprint density at radius 2 is 1.23 bits per heavy atom. The zero-order valence-corrected chi connectivity index (χ0v) is 18.6. The number of hydrogen-bond donors (Lipinski definition) is 0. The Bertz CT molecular complexity index is 1300. The maximum Gasteiger partial charge on any atom is 0.0991 e. The van der Waals surface area contributed by atoms with Crippen LogP contribution in [-0.2, 0) is 0 Å². The highest BCUT2D eigenvalue weighted by atomic mass is 14.8. The lowest BCUT2D eigenvalue weighted by atomic mass is 9.97. The minimum absolute atomic E-state index is 0.619. The monoisotopic (exact) mass is 403 g/mol. The summed E-state index contributed by atoms with van der Waals surface area (Å²) in [4.78, 5) is 9.99. The number of nitrogens with zero attached hydrogens (tertiary/aromatic N) is 3. The van der Waals surface area contributed by atoms with Crippen LogP contribution in [0, 0.1) is 45.9 Å². The van der Waals surface area contributed by atoms with Gasteiger partial charge in [-0.2, -0.15) is 5.26 Å². The van der Waals surface area contributed by atoms with Gasteiger partial charge in [-0.15, -0.1) is 0 Å². The van der Waals surface area contributed by atoms with Crippen LogP contribution in [0.2, 0.25) is 0 Å². The van der Waals surface area contributed by atoms with Crippen LogP contribution in [0.25, 0.3) is 33.8 Å². The molecule has 3 nitrogen and oxygen atoms in total. The first kappa shape index (κ1) is 20.5. The molecule has 0 spiro atoms. The van der Waals surface area contributed by atoms with Gasteiger partial charge in [-0.25, -0.2) is 4.98 Å². The number of hydrogen-bond acceptors (Lipinski definition) is 3. The van der Waals surface area contributed by atoms with Crippen molar-refractivity contribution in [3.05, 3.63) is 94.2 Å². The lowest BCUT2D eigenvalue weighted by Crippen LogP contribution is -1.98. The molecule has 4 aromatic rings. The number of rotatable bonds is 3. The average Bonchev–Trinajstić information content (AvgIpc) is 2.72. The summed E-state index contributed by atoms with van der Waals surface area (Å²) in [7, 11) is 0. The molecule has 0 N–H and O–H groups in total. The summed E-state index contributed by atoms with van der Waals surface area (Å²) in [6.07, 6.45) is 1.82. The molecule has 0 unspecified atom stereocenters. The van der Waals surface area contributed by atoms with E-state index in [-0.39, 0.29) is 0 Å². The fourth-order valence-corrected chi connectivity index (χ4v) is 4.12. The van der Waals surface area contributed by atoms with E-state index in [4.69, 9.17) is 9.97 Å². The molecule has 0 aliphatic heterocycles. The van der Waals surface area contributed by atoms with Crippen molar-refractivity contribution < 1.29 is 0 Å². The fraction of sp³-hybridized carbons (Fsp3) is 0.179. The first-order valence-electron chi connectivity index (χ1n) is 10.4. The summed E-state index contributed by atoms with van der Waals surface area (Å²) in [5.74, 6) is 0. The van der Waals surface area contributed by atoms with Crippen LogP contribution in [0.3, 0.4) is 0 Å². The first-order valence-corrected chi connectivity index (χ1v) is 10.4. The van der Waals surface area contributed by atoms with E-state index in [0.717, 1.165) is 39.3 Å². The fourth-order valence-electron chi connectivity index (χ4n) is 4.12. The molecular weight excluding hydrogens is 378 g/mol. The Hall–Kier alpha value is -3.77. The maximum absolute atomic E-state index is 9.35. The minimum Gasteiger partial charge on any atom is -0.252 e. The molecule has 0 aliphatic carbocycles. The van der Waals surface area contributed by atoms with E-state index >= 15 is 0 Å². The summed E-state index contributed by atoms with van der Waals surface area (Å²) in [6.45, 7) is 10.4. The van der Waals surface area contributed by atoms with Crippen molar-refractivity contribution in [2.75, 3.05) is 0 Å². The van der Waals surface area contributed by atoms with Crippen LogP contribution >= 0.6 is 0 Å².